The van der Waals surface area contributed by atoms with Crippen LogP contribution in [0.5, 0.6) is 0 Å². The van der Waals surface area contributed by atoms with Crippen molar-refractivity contribution in [1.29, 1.82) is 0 Å². The maximum absolute atomic E-state index is 10.9. The summed E-state index contributed by atoms with van der Waals surface area (Å²) < 4.78 is 6.97. The summed E-state index contributed by atoms with van der Waals surface area (Å²) in [5.74, 6) is -0.196. The van der Waals surface area contributed by atoms with Crippen molar-refractivity contribution in [3.8, 4) is 0 Å². The van der Waals surface area contributed by atoms with E-state index in [1.54, 1.807) is 16.7 Å². The Kier molecular flexibility index (Phi) is 3.88. The van der Waals surface area contributed by atoms with E-state index in [9.17, 15) is 4.79 Å². The number of pyridine rings is 1. The Bertz CT molecular complexity index is 550. The number of aryl methyl sites for hydroxylation is 1. The maximum Gasteiger partial charge on any atom is 0.337 e. The molecule has 1 N–H and O–H groups in total. The second-order valence-corrected chi connectivity index (χ2v) is 3.87. The zero-order valence-corrected chi connectivity index (χ0v) is 10.2. The van der Waals surface area contributed by atoms with E-state index in [0.717, 1.165) is 12.2 Å². The Labute approximate surface area is 104 Å². The molecule has 0 aliphatic rings. The highest BCUT2D eigenvalue weighted by Crippen LogP contribution is 2.08. The molecule has 6 heteroatoms. The van der Waals surface area contributed by atoms with Crippen molar-refractivity contribution in [2.75, 3.05) is 13.2 Å². The third-order valence-electron chi connectivity index (χ3n) is 2.61. The van der Waals surface area contributed by atoms with Gasteiger partial charge in [0.25, 0.3) is 0 Å². The standard InChI is InChI=1S/C12H15N3O3/c1-2-18-7-3-4-10-13-14-11-6-5-9(12(16)17)8-15(10)11/h5-6,8H,2-4,7H2,1H3,(H,16,17). The topological polar surface area (TPSA) is 76.7 Å². The number of rotatable bonds is 6. The fraction of sp³-hybridized carbons (Fsp3) is 0.417. The number of fused-ring (bicyclic) bond motifs is 1. The smallest absolute Gasteiger partial charge is 0.337 e. The van der Waals surface area contributed by atoms with E-state index < -0.39 is 5.97 Å². The molecule has 96 valence electrons. The van der Waals surface area contributed by atoms with Crippen molar-refractivity contribution in [1.82, 2.24) is 14.6 Å². The van der Waals surface area contributed by atoms with Crippen molar-refractivity contribution in [3.63, 3.8) is 0 Å². The van der Waals surface area contributed by atoms with E-state index in [2.05, 4.69) is 10.2 Å². The van der Waals surface area contributed by atoms with Gasteiger partial charge < -0.3 is 9.84 Å². The molecule has 0 radical (unpaired) electrons. The first-order chi connectivity index (χ1) is 8.72. The first kappa shape index (κ1) is 12.5. The molecule has 0 amide bonds. The minimum Gasteiger partial charge on any atom is -0.478 e. The van der Waals surface area contributed by atoms with Crippen LogP contribution in [0.4, 0.5) is 0 Å². The van der Waals surface area contributed by atoms with Crippen LogP contribution in [0.15, 0.2) is 18.3 Å². The van der Waals surface area contributed by atoms with Gasteiger partial charge in [0.05, 0.1) is 5.56 Å². The fourth-order valence-corrected chi connectivity index (χ4v) is 1.71. The van der Waals surface area contributed by atoms with E-state index in [1.165, 1.54) is 6.07 Å². The van der Waals surface area contributed by atoms with E-state index in [0.29, 0.717) is 25.3 Å². The van der Waals surface area contributed by atoms with Gasteiger partial charge in [-0.1, -0.05) is 0 Å². The summed E-state index contributed by atoms with van der Waals surface area (Å²) in [6, 6.07) is 3.18. The zero-order valence-electron chi connectivity index (χ0n) is 10.2. The van der Waals surface area contributed by atoms with Crippen LogP contribution in [0, 0.1) is 0 Å². The lowest BCUT2D eigenvalue weighted by molar-refractivity contribution is 0.0696. The molecule has 2 aromatic heterocycles. The highest BCUT2D eigenvalue weighted by Gasteiger charge is 2.08. The number of carboxylic acid groups (broad SMARTS) is 1. The van der Waals surface area contributed by atoms with Gasteiger partial charge in [-0.15, -0.1) is 10.2 Å². The van der Waals surface area contributed by atoms with Crippen molar-refractivity contribution in [3.05, 3.63) is 29.7 Å². The summed E-state index contributed by atoms with van der Waals surface area (Å²) in [4.78, 5) is 10.9. The summed E-state index contributed by atoms with van der Waals surface area (Å²) >= 11 is 0. The molecule has 0 aliphatic carbocycles. The largest absolute Gasteiger partial charge is 0.478 e. The van der Waals surface area contributed by atoms with Crippen LogP contribution in [0.2, 0.25) is 0 Å². The monoisotopic (exact) mass is 249 g/mol. The molecule has 2 heterocycles. The number of aromatic nitrogens is 3. The first-order valence-corrected chi connectivity index (χ1v) is 5.87. The number of hydrogen-bond acceptors (Lipinski definition) is 4. The third-order valence-corrected chi connectivity index (χ3v) is 2.61. The summed E-state index contributed by atoms with van der Waals surface area (Å²) in [5, 5.41) is 17.0. The minimum absolute atomic E-state index is 0.230. The lowest BCUT2D eigenvalue weighted by Crippen LogP contribution is -2.03. The van der Waals surface area contributed by atoms with Crippen molar-refractivity contribution >= 4 is 11.6 Å². The van der Waals surface area contributed by atoms with Crippen molar-refractivity contribution in [2.24, 2.45) is 0 Å². The lowest BCUT2D eigenvalue weighted by atomic mass is 10.2. The highest BCUT2D eigenvalue weighted by molar-refractivity contribution is 5.87. The van der Waals surface area contributed by atoms with Gasteiger partial charge in [-0.25, -0.2) is 4.79 Å². The van der Waals surface area contributed by atoms with Gasteiger partial charge in [-0.3, -0.25) is 4.40 Å². The predicted octanol–water partition coefficient (Wildman–Crippen LogP) is 1.40. The molecule has 6 nitrogen and oxygen atoms in total. The number of aromatic carboxylic acids is 1. The number of carbonyl (C=O) groups is 1. The molecule has 18 heavy (non-hydrogen) atoms. The second-order valence-electron chi connectivity index (χ2n) is 3.87. The van der Waals surface area contributed by atoms with Gasteiger partial charge in [0, 0.05) is 25.8 Å². The molecule has 0 unspecified atom stereocenters. The number of carboxylic acids is 1. The molecule has 0 aromatic carbocycles. The van der Waals surface area contributed by atoms with Crippen LogP contribution in [0.1, 0.15) is 29.5 Å². The lowest BCUT2D eigenvalue weighted by Gasteiger charge is -2.02. The van der Waals surface area contributed by atoms with Gasteiger partial charge >= 0.3 is 5.97 Å². The SMILES string of the molecule is CCOCCCc1nnc2ccc(C(=O)O)cn12. The quantitative estimate of drug-likeness (QED) is 0.783. The number of ether oxygens (including phenoxy) is 1. The van der Waals surface area contributed by atoms with Crippen LogP contribution in [-0.2, 0) is 11.2 Å². The Hall–Kier alpha value is -1.95. The molecular weight excluding hydrogens is 234 g/mol. The highest BCUT2D eigenvalue weighted by atomic mass is 16.5. The summed E-state index contributed by atoms with van der Waals surface area (Å²) in [6.45, 7) is 3.32. The molecule has 0 atom stereocenters. The zero-order chi connectivity index (χ0) is 13.0. The maximum atomic E-state index is 10.9. The minimum atomic E-state index is -0.953. The van der Waals surface area contributed by atoms with Gasteiger partial charge in [-0.2, -0.15) is 0 Å². The molecule has 0 fully saturated rings. The number of nitrogens with zero attached hydrogens (tertiary/aromatic N) is 3. The Balaban J connectivity index is 2.17. The molecule has 0 saturated carbocycles. The second kappa shape index (κ2) is 5.59. The van der Waals surface area contributed by atoms with E-state index in [-0.39, 0.29) is 5.56 Å². The molecule has 0 spiro atoms. The molecule has 2 rings (SSSR count). The Morgan fingerprint density at radius 2 is 2.28 bits per heavy atom. The average molecular weight is 249 g/mol. The third kappa shape index (κ3) is 2.65. The van der Waals surface area contributed by atoms with Crippen LogP contribution in [0.25, 0.3) is 5.65 Å². The van der Waals surface area contributed by atoms with Crippen molar-refractivity contribution in [2.45, 2.75) is 19.8 Å². The fourth-order valence-electron chi connectivity index (χ4n) is 1.71. The van der Waals surface area contributed by atoms with Crippen LogP contribution in [-0.4, -0.2) is 38.9 Å². The van der Waals surface area contributed by atoms with E-state index in [4.69, 9.17) is 9.84 Å². The summed E-state index contributed by atoms with van der Waals surface area (Å²) in [6.07, 6.45) is 3.10. The number of hydrogen-bond donors (Lipinski definition) is 1. The predicted molar refractivity (Wildman–Crippen MR) is 64.8 cm³/mol. The average Bonchev–Trinajstić information content (AvgIpc) is 2.77. The molecule has 2 aromatic rings. The summed E-state index contributed by atoms with van der Waals surface area (Å²) in [5.41, 5.74) is 0.889. The van der Waals surface area contributed by atoms with E-state index in [1.807, 2.05) is 6.92 Å². The van der Waals surface area contributed by atoms with Gasteiger partial charge in [0.1, 0.15) is 5.82 Å². The Morgan fingerprint density at radius 1 is 1.44 bits per heavy atom. The molecular formula is C12H15N3O3. The normalized spacial score (nSPS) is 10.9. The van der Waals surface area contributed by atoms with Gasteiger partial charge in [-0.05, 0) is 25.5 Å². The van der Waals surface area contributed by atoms with Crippen molar-refractivity contribution < 1.29 is 14.6 Å². The van der Waals surface area contributed by atoms with E-state index >= 15 is 0 Å². The molecule has 0 aliphatic heterocycles. The van der Waals surface area contributed by atoms with Crippen LogP contribution >= 0.6 is 0 Å². The van der Waals surface area contributed by atoms with Crippen LogP contribution < -0.4 is 0 Å². The van der Waals surface area contributed by atoms with Crippen LogP contribution in [0.3, 0.4) is 0 Å². The Morgan fingerprint density at radius 3 is 3.00 bits per heavy atom. The molecule has 0 bridgehead atoms. The summed E-state index contributed by atoms with van der Waals surface area (Å²) in [7, 11) is 0. The first-order valence-electron chi connectivity index (χ1n) is 5.87. The van der Waals surface area contributed by atoms with Gasteiger partial charge in [0.15, 0.2) is 5.65 Å². The van der Waals surface area contributed by atoms with Gasteiger partial charge in [0.2, 0.25) is 0 Å². The molecule has 0 saturated heterocycles.